The number of hydrogen-bond donors (Lipinski definition) is 1. The zero-order valence-electron chi connectivity index (χ0n) is 19.3. The van der Waals surface area contributed by atoms with E-state index in [9.17, 15) is 9.59 Å². The maximum atomic E-state index is 12.6. The molecule has 0 spiro atoms. The zero-order chi connectivity index (χ0) is 24.0. The standard InChI is InChI=1S/C28H24N4O2/c1-4-17-11-21(22-10-16(2)28(34)32(3)26(22)12-17)20-7-5-6-18-13-25(31-15-23(18)20)19-8-9-24(27(29)33)30-14-19/h5-15H,4H2,1-3H3,(H2,29,33). The summed E-state index contributed by atoms with van der Waals surface area (Å²) in [6, 6.07) is 17.9. The number of pyridine rings is 3. The van der Waals surface area contributed by atoms with Gasteiger partial charge in [0.25, 0.3) is 11.5 Å². The van der Waals surface area contributed by atoms with Crippen LogP contribution in [0.1, 0.15) is 28.5 Å². The van der Waals surface area contributed by atoms with Crippen LogP contribution in [0.15, 0.2) is 71.8 Å². The summed E-state index contributed by atoms with van der Waals surface area (Å²) < 4.78 is 1.73. The van der Waals surface area contributed by atoms with Gasteiger partial charge in [-0.3, -0.25) is 19.6 Å². The molecule has 6 nitrogen and oxygen atoms in total. The Bertz CT molecular complexity index is 1650. The fraction of sp³-hybridized carbons (Fsp3) is 0.143. The third-order valence-electron chi connectivity index (χ3n) is 6.36. The quantitative estimate of drug-likeness (QED) is 0.428. The number of aromatic nitrogens is 3. The van der Waals surface area contributed by atoms with E-state index in [1.165, 1.54) is 5.56 Å². The lowest BCUT2D eigenvalue weighted by molar-refractivity contribution is 0.0995. The summed E-state index contributed by atoms with van der Waals surface area (Å²) in [6.45, 7) is 3.97. The lowest BCUT2D eigenvalue weighted by Gasteiger charge is -2.15. The number of fused-ring (bicyclic) bond motifs is 2. The van der Waals surface area contributed by atoms with E-state index in [2.05, 4.69) is 36.2 Å². The number of carbonyl (C=O) groups is 1. The predicted molar refractivity (Wildman–Crippen MR) is 136 cm³/mol. The van der Waals surface area contributed by atoms with Gasteiger partial charge in [0, 0.05) is 41.3 Å². The average molecular weight is 449 g/mol. The maximum absolute atomic E-state index is 12.6. The Labute approximate surface area is 196 Å². The van der Waals surface area contributed by atoms with Crippen LogP contribution in [0.2, 0.25) is 0 Å². The Balaban J connectivity index is 1.72. The summed E-state index contributed by atoms with van der Waals surface area (Å²) in [4.78, 5) is 32.7. The molecule has 0 unspecified atom stereocenters. The first-order valence-electron chi connectivity index (χ1n) is 11.2. The van der Waals surface area contributed by atoms with Crippen molar-refractivity contribution in [2.24, 2.45) is 12.8 Å². The van der Waals surface area contributed by atoms with E-state index >= 15 is 0 Å². The van der Waals surface area contributed by atoms with E-state index in [-0.39, 0.29) is 11.3 Å². The van der Waals surface area contributed by atoms with Gasteiger partial charge in [-0.2, -0.15) is 0 Å². The van der Waals surface area contributed by atoms with Gasteiger partial charge in [0.15, 0.2) is 0 Å². The van der Waals surface area contributed by atoms with Crippen molar-refractivity contribution in [3.05, 3.63) is 94.2 Å². The first kappa shape index (κ1) is 21.5. The molecule has 0 atom stereocenters. The fourth-order valence-corrected chi connectivity index (χ4v) is 4.46. The van der Waals surface area contributed by atoms with Crippen molar-refractivity contribution in [1.82, 2.24) is 14.5 Å². The molecule has 0 aliphatic carbocycles. The monoisotopic (exact) mass is 448 g/mol. The molecular formula is C28H24N4O2. The maximum Gasteiger partial charge on any atom is 0.267 e. The van der Waals surface area contributed by atoms with Crippen LogP contribution in [0, 0.1) is 6.92 Å². The lowest BCUT2D eigenvalue weighted by Crippen LogP contribution is -2.19. The summed E-state index contributed by atoms with van der Waals surface area (Å²) in [6.07, 6.45) is 4.35. The molecule has 0 saturated carbocycles. The number of aryl methyl sites for hydroxylation is 3. The molecule has 3 aromatic heterocycles. The van der Waals surface area contributed by atoms with Gasteiger partial charge in [-0.15, -0.1) is 0 Å². The molecule has 2 aromatic carbocycles. The zero-order valence-corrected chi connectivity index (χ0v) is 19.3. The highest BCUT2D eigenvalue weighted by molar-refractivity contribution is 6.05. The molecule has 168 valence electrons. The Hall–Kier alpha value is -4.32. The molecule has 0 fully saturated rings. The Morgan fingerprint density at radius 3 is 2.50 bits per heavy atom. The Morgan fingerprint density at radius 2 is 1.79 bits per heavy atom. The van der Waals surface area contributed by atoms with Crippen LogP contribution in [0.25, 0.3) is 44.1 Å². The normalized spacial score (nSPS) is 11.3. The molecule has 0 saturated heterocycles. The highest BCUT2D eigenvalue weighted by Gasteiger charge is 2.14. The minimum atomic E-state index is -0.558. The SMILES string of the molecule is CCc1cc(-c2cccc3cc(-c4ccc(C(N)=O)nc4)ncc23)c2cc(C)c(=O)n(C)c2c1. The third-order valence-corrected chi connectivity index (χ3v) is 6.36. The number of hydrogen-bond acceptors (Lipinski definition) is 4. The van der Waals surface area contributed by atoms with Crippen LogP contribution in [-0.2, 0) is 13.5 Å². The van der Waals surface area contributed by atoms with Crippen LogP contribution in [0.5, 0.6) is 0 Å². The van der Waals surface area contributed by atoms with Gasteiger partial charge in [0.05, 0.1) is 11.2 Å². The van der Waals surface area contributed by atoms with Gasteiger partial charge in [-0.05, 0) is 65.8 Å². The fourth-order valence-electron chi connectivity index (χ4n) is 4.46. The number of primary amides is 1. The van der Waals surface area contributed by atoms with E-state index in [4.69, 9.17) is 10.7 Å². The van der Waals surface area contributed by atoms with Crippen LogP contribution in [-0.4, -0.2) is 20.4 Å². The first-order valence-corrected chi connectivity index (χ1v) is 11.2. The number of nitrogens with two attached hydrogens (primary N) is 1. The molecule has 3 heterocycles. The van der Waals surface area contributed by atoms with Crippen molar-refractivity contribution in [2.45, 2.75) is 20.3 Å². The smallest absolute Gasteiger partial charge is 0.267 e. The van der Waals surface area contributed by atoms with Crippen molar-refractivity contribution >= 4 is 27.6 Å². The number of carbonyl (C=O) groups excluding carboxylic acids is 1. The van der Waals surface area contributed by atoms with E-state index in [1.54, 1.807) is 22.9 Å². The Kier molecular flexibility index (Phi) is 5.21. The van der Waals surface area contributed by atoms with Crippen molar-refractivity contribution in [1.29, 1.82) is 0 Å². The topological polar surface area (TPSA) is 90.9 Å². The van der Waals surface area contributed by atoms with E-state index in [0.717, 1.165) is 50.5 Å². The largest absolute Gasteiger partial charge is 0.364 e. The summed E-state index contributed by atoms with van der Waals surface area (Å²) in [5.41, 5.74) is 12.1. The van der Waals surface area contributed by atoms with E-state index in [0.29, 0.717) is 5.56 Å². The van der Waals surface area contributed by atoms with Crippen LogP contribution in [0.3, 0.4) is 0 Å². The van der Waals surface area contributed by atoms with Gasteiger partial charge in [-0.25, -0.2) is 0 Å². The summed E-state index contributed by atoms with van der Waals surface area (Å²) in [5.74, 6) is -0.558. The van der Waals surface area contributed by atoms with Crippen molar-refractivity contribution in [3.63, 3.8) is 0 Å². The summed E-state index contributed by atoms with van der Waals surface area (Å²) >= 11 is 0. The third kappa shape index (κ3) is 3.53. The Morgan fingerprint density at radius 1 is 0.971 bits per heavy atom. The molecule has 5 aromatic rings. The van der Waals surface area contributed by atoms with Crippen molar-refractivity contribution in [2.75, 3.05) is 0 Å². The van der Waals surface area contributed by atoms with Crippen molar-refractivity contribution in [3.8, 4) is 22.4 Å². The number of rotatable bonds is 4. The first-order chi connectivity index (χ1) is 16.4. The minimum Gasteiger partial charge on any atom is -0.364 e. The number of benzene rings is 2. The average Bonchev–Trinajstić information content (AvgIpc) is 2.86. The minimum absolute atomic E-state index is 0.0203. The lowest BCUT2D eigenvalue weighted by atomic mass is 9.93. The highest BCUT2D eigenvalue weighted by Crippen LogP contribution is 2.35. The van der Waals surface area contributed by atoms with Gasteiger partial charge < -0.3 is 10.3 Å². The van der Waals surface area contributed by atoms with Crippen LogP contribution in [0.4, 0.5) is 0 Å². The summed E-state index contributed by atoms with van der Waals surface area (Å²) in [5, 5.41) is 3.10. The molecule has 0 radical (unpaired) electrons. The molecule has 1 amide bonds. The van der Waals surface area contributed by atoms with Crippen LogP contribution >= 0.6 is 0 Å². The molecule has 6 heteroatoms. The van der Waals surface area contributed by atoms with Gasteiger partial charge in [0.2, 0.25) is 0 Å². The number of nitrogens with zero attached hydrogens (tertiary/aromatic N) is 3. The second kappa shape index (κ2) is 8.23. The van der Waals surface area contributed by atoms with E-state index in [1.807, 2.05) is 38.4 Å². The number of amides is 1. The molecule has 5 rings (SSSR count). The molecule has 2 N–H and O–H groups in total. The second-order valence-corrected chi connectivity index (χ2v) is 8.51. The predicted octanol–water partition coefficient (Wildman–Crippen LogP) is 4.79. The molecule has 0 bridgehead atoms. The molecular weight excluding hydrogens is 424 g/mol. The van der Waals surface area contributed by atoms with Gasteiger partial charge in [0.1, 0.15) is 5.69 Å². The highest BCUT2D eigenvalue weighted by atomic mass is 16.1. The summed E-state index contributed by atoms with van der Waals surface area (Å²) in [7, 11) is 1.83. The van der Waals surface area contributed by atoms with Crippen LogP contribution < -0.4 is 11.3 Å². The van der Waals surface area contributed by atoms with Gasteiger partial charge in [-0.1, -0.05) is 31.2 Å². The molecule has 34 heavy (non-hydrogen) atoms. The van der Waals surface area contributed by atoms with Gasteiger partial charge >= 0.3 is 0 Å². The molecule has 0 aliphatic rings. The van der Waals surface area contributed by atoms with E-state index < -0.39 is 5.91 Å². The second-order valence-electron chi connectivity index (χ2n) is 8.51. The molecule has 0 aliphatic heterocycles. The van der Waals surface area contributed by atoms with Crippen molar-refractivity contribution < 1.29 is 4.79 Å².